The first-order valence-electron chi connectivity index (χ1n) is 36.5. The van der Waals surface area contributed by atoms with Crippen molar-refractivity contribution >= 4 is 56.2 Å². The largest absolute Gasteiger partial charge is 0.493 e. The SMILES string of the molecule is CC(=O)c1cc2ccccc2cn1.CC(C)(C)OC(=O)N1[C@H](CN)C[C@@H]2CCCC[C@@H]21.COc1cc(C(=O)N(C[C@@H]2C[C@@H]3CCCC[C@@H]3N2)[C@@H](C)c2cc3ccccc3cn2)cc2c1OC(C)(C)O2.C[C@H](NC[C@@H]1C[C@@H]2CCCC[C@@H]2N1C(=O)OC(C)(C)C)c1cc2ccccc2cn1. The van der Waals surface area contributed by atoms with Crippen molar-refractivity contribution in [3.63, 3.8) is 0 Å². The lowest BCUT2D eigenvalue weighted by Gasteiger charge is -2.35. The zero-order valence-electron chi connectivity index (χ0n) is 60.6. The van der Waals surface area contributed by atoms with Crippen molar-refractivity contribution < 1.29 is 42.9 Å². The molecule has 6 fully saturated rings. The minimum Gasteiger partial charge on any atom is -0.493 e. The number of nitrogens with two attached hydrogens (primary N) is 1. The Labute approximate surface area is 586 Å². The van der Waals surface area contributed by atoms with Crippen molar-refractivity contribution in [2.45, 2.75) is 238 Å². The number of amides is 3. The van der Waals surface area contributed by atoms with Crippen LogP contribution in [0.5, 0.6) is 17.2 Å². The highest BCUT2D eigenvalue weighted by atomic mass is 16.7. The van der Waals surface area contributed by atoms with E-state index in [-0.39, 0.29) is 54.1 Å². The molecule has 7 heterocycles. The van der Waals surface area contributed by atoms with Crippen LogP contribution in [-0.4, -0.2) is 134 Å². The number of hydrogen-bond acceptors (Lipinski definition) is 15. The standard InChI is InChI=1S/C31H37N3O4.C25H35N3O2.C14H26N2O2.C11H9NO/c1-19(26-14-20-9-5-6-11-22(20)17-32-26)34(18-24-13-21-10-7-8-12-25(21)33-24)30(35)23-15-27(36-4)29-28(16-23)37-31(2,3)38-29;1-17(22-14-18-9-5-6-11-20(18)15-27-22)26-16-21-13-19-10-7-8-12-23(19)28(21)24(29)30-25(2,3)4;1-14(2,3)18-13(17)16-11(9-15)8-10-6-4-5-7-12(10)16;1-8(13)11-6-9-4-2-3-5-10(9)7-12-11/h5-6,9,11,14-17,19,21,24-25,33H,7-8,10,12-13,18H2,1-4H3;5-6,9,11,14-15,17,19,21,23,26H,7-8,10,12-13,16H2,1-4H3;10-12H,4-9,15H2,1-3H3;2-7H,1H3/t19-,21-,24-,25-;17-,19-,21-,23-;10-,11-,12-;/m000./s1. The minimum absolute atomic E-state index is 0.00533. The highest BCUT2D eigenvalue weighted by Gasteiger charge is 2.48. The molecule has 7 aromatic rings. The van der Waals surface area contributed by atoms with Gasteiger partial charge in [-0.25, -0.2) is 9.59 Å². The van der Waals surface area contributed by atoms with Crippen molar-refractivity contribution in [2.75, 3.05) is 26.7 Å². The normalized spacial score (nSPS) is 24.1. The molecule has 18 heteroatoms. The number of nitrogens with zero attached hydrogens (tertiary/aromatic N) is 6. The number of rotatable bonds is 12. The Morgan fingerprint density at radius 3 is 1.68 bits per heavy atom. The number of pyridine rings is 3. The molecular weight excluding hydrogens is 1240 g/mol. The number of hydrogen-bond donors (Lipinski definition) is 3. The lowest BCUT2D eigenvalue weighted by atomic mass is 9.85. The summed E-state index contributed by atoms with van der Waals surface area (Å²) in [5, 5.41) is 14.2. The summed E-state index contributed by atoms with van der Waals surface area (Å²) in [4.78, 5) is 70.1. The van der Waals surface area contributed by atoms with Gasteiger partial charge in [-0.05, 0) is 177 Å². The van der Waals surface area contributed by atoms with Crippen LogP contribution < -0.4 is 30.6 Å². The summed E-state index contributed by atoms with van der Waals surface area (Å²) in [6.07, 6.45) is 23.2. The number of ether oxygens (including phenoxy) is 5. The molecule has 14 rings (SSSR count). The van der Waals surface area contributed by atoms with Gasteiger partial charge in [0.15, 0.2) is 17.3 Å². The Balaban J connectivity index is 0.000000144. The molecule has 3 aromatic heterocycles. The van der Waals surface area contributed by atoms with E-state index < -0.39 is 17.0 Å². The van der Waals surface area contributed by atoms with Gasteiger partial charge < -0.3 is 54.8 Å². The van der Waals surface area contributed by atoms with Gasteiger partial charge in [-0.15, -0.1) is 0 Å². The number of methoxy groups -OCH3 is 1. The van der Waals surface area contributed by atoms with Gasteiger partial charge in [-0.3, -0.25) is 24.5 Å². The van der Waals surface area contributed by atoms with Crippen molar-refractivity contribution in [1.82, 2.24) is 40.3 Å². The van der Waals surface area contributed by atoms with Crippen LogP contribution in [0.25, 0.3) is 32.3 Å². The van der Waals surface area contributed by atoms with Crippen molar-refractivity contribution in [1.29, 1.82) is 0 Å². The van der Waals surface area contributed by atoms with E-state index in [9.17, 15) is 19.2 Å². The molecule has 4 aromatic carbocycles. The van der Waals surface area contributed by atoms with Gasteiger partial charge in [0, 0.05) is 123 Å². The van der Waals surface area contributed by atoms with Crippen LogP contribution in [0, 0.1) is 17.8 Å². The van der Waals surface area contributed by atoms with E-state index in [2.05, 4.69) is 81.8 Å². The summed E-state index contributed by atoms with van der Waals surface area (Å²) in [5.41, 5.74) is 7.89. The molecule has 0 spiro atoms. The fourth-order valence-electron chi connectivity index (χ4n) is 16.2. The topological polar surface area (TPSA) is 213 Å². The quantitative estimate of drug-likeness (QED) is 0.0971. The zero-order chi connectivity index (χ0) is 70.3. The summed E-state index contributed by atoms with van der Waals surface area (Å²) in [7, 11) is 1.59. The molecule has 530 valence electrons. The predicted octanol–water partition coefficient (Wildman–Crippen LogP) is 16.3. The van der Waals surface area contributed by atoms with Crippen LogP contribution in [0.2, 0.25) is 0 Å². The lowest BCUT2D eigenvalue weighted by molar-refractivity contribution is -0.0440. The van der Waals surface area contributed by atoms with E-state index in [4.69, 9.17) is 34.4 Å². The number of benzene rings is 4. The van der Waals surface area contributed by atoms with E-state index in [1.807, 2.05) is 126 Å². The summed E-state index contributed by atoms with van der Waals surface area (Å²) in [5.74, 6) is 2.62. The Hall–Kier alpha value is -7.93. The number of carbonyl (C=O) groups is 4. The average molecular weight is 1350 g/mol. The van der Waals surface area contributed by atoms with Crippen LogP contribution in [0.3, 0.4) is 0 Å². The van der Waals surface area contributed by atoms with Gasteiger partial charge in [0.1, 0.15) is 16.9 Å². The van der Waals surface area contributed by atoms with Crippen molar-refractivity contribution in [3.8, 4) is 17.2 Å². The molecule has 18 nitrogen and oxygen atoms in total. The zero-order valence-corrected chi connectivity index (χ0v) is 60.6. The summed E-state index contributed by atoms with van der Waals surface area (Å²) >= 11 is 0. The number of fused-ring (bicyclic) bond motifs is 7. The molecule has 4 aliphatic heterocycles. The highest BCUT2D eigenvalue weighted by Crippen LogP contribution is 2.48. The number of Topliss-reactive ketones (excluding diaryl/α,β-unsaturated/α-hetero) is 1. The first kappa shape index (κ1) is 72.3. The van der Waals surface area contributed by atoms with Crippen LogP contribution in [0.1, 0.15) is 217 Å². The number of ketones is 1. The average Bonchev–Trinajstić information content (AvgIpc) is 1.69. The maximum atomic E-state index is 14.3. The maximum Gasteiger partial charge on any atom is 0.410 e. The van der Waals surface area contributed by atoms with Crippen LogP contribution in [0.15, 0.2) is 122 Å². The smallest absolute Gasteiger partial charge is 0.410 e. The van der Waals surface area contributed by atoms with Crippen LogP contribution >= 0.6 is 0 Å². The molecule has 3 saturated heterocycles. The fourth-order valence-corrected chi connectivity index (χ4v) is 16.2. The molecule has 0 radical (unpaired) electrons. The first-order valence-corrected chi connectivity index (χ1v) is 36.5. The van der Waals surface area contributed by atoms with Gasteiger partial charge in [-0.1, -0.05) is 111 Å². The Bertz CT molecular complexity index is 3950. The third-order valence-corrected chi connectivity index (χ3v) is 21.0. The summed E-state index contributed by atoms with van der Waals surface area (Å²) in [6.45, 7) is 22.9. The molecule has 0 bridgehead atoms. The monoisotopic (exact) mass is 1350 g/mol. The van der Waals surface area contributed by atoms with E-state index >= 15 is 0 Å². The first-order chi connectivity index (χ1) is 47.3. The maximum absolute atomic E-state index is 14.3. The summed E-state index contributed by atoms with van der Waals surface area (Å²) in [6, 6.07) is 35.8. The van der Waals surface area contributed by atoms with Gasteiger partial charge in [-0.2, -0.15) is 0 Å². The van der Waals surface area contributed by atoms with E-state index in [0.717, 1.165) is 77.0 Å². The minimum atomic E-state index is -0.816. The van der Waals surface area contributed by atoms with E-state index in [1.165, 1.54) is 76.5 Å². The molecule has 7 aliphatic rings. The second-order valence-electron chi connectivity index (χ2n) is 31.0. The highest BCUT2D eigenvalue weighted by molar-refractivity contribution is 5.97. The molecule has 3 saturated carbocycles. The number of carbonyl (C=O) groups excluding carboxylic acids is 4. The molecule has 11 atom stereocenters. The molecule has 3 aliphatic carbocycles. The number of likely N-dealkylation sites (tertiary alicyclic amines) is 2. The fraction of sp³-hybridized carbons (Fsp3) is 0.543. The molecule has 3 amide bonds. The second kappa shape index (κ2) is 31.3. The third kappa shape index (κ3) is 17.8. The van der Waals surface area contributed by atoms with Gasteiger partial charge in [0.2, 0.25) is 11.5 Å². The number of aromatic nitrogens is 3. The predicted molar refractivity (Wildman–Crippen MR) is 390 cm³/mol. The lowest BCUT2D eigenvalue weighted by Crippen LogP contribution is -2.48. The van der Waals surface area contributed by atoms with E-state index in [0.29, 0.717) is 77.5 Å². The van der Waals surface area contributed by atoms with Gasteiger partial charge in [0.25, 0.3) is 5.91 Å². The second-order valence-corrected chi connectivity index (χ2v) is 31.0. The Morgan fingerprint density at radius 1 is 0.636 bits per heavy atom. The molecule has 4 N–H and O–H groups in total. The van der Waals surface area contributed by atoms with Crippen molar-refractivity contribution in [2.24, 2.45) is 23.5 Å². The molecule has 0 unspecified atom stereocenters. The Kier molecular flexibility index (Phi) is 22.9. The molecular formula is C81H107N9O9. The van der Waals surface area contributed by atoms with Gasteiger partial charge in [0.05, 0.1) is 24.5 Å². The Morgan fingerprint density at radius 2 is 1.13 bits per heavy atom. The van der Waals surface area contributed by atoms with E-state index in [1.54, 1.807) is 25.4 Å². The van der Waals surface area contributed by atoms with Crippen LogP contribution in [-0.2, 0) is 9.47 Å². The van der Waals surface area contributed by atoms with Gasteiger partial charge >= 0.3 is 12.2 Å². The molecule has 99 heavy (non-hydrogen) atoms. The van der Waals surface area contributed by atoms with Crippen LogP contribution in [0.4, 0.5) is 9.59 Å². The third-order valence-electron chi connectivity index (χ3n) is 21.0. The number of nitrogens with one attached hydrogen (secondary N) is 2. The summed E-state index contributed by atoms with van der Waals surface area (Å²) < 4.78 is 28.9. The van der Waals surface area contributed by atoms with Crippen molar-refractivity contribution in [3.05, 3.63) is 144 Å².